The molecule has 0 saturated carbocycles. The lowest BCUT2D eigenvalue weighted by Crippen LogP contribution is -2.20. The summed E-state index contributed by atoms with van der Waals surface area (Å²) >= 11 is 1.47. The van der Waals surface area contributed by atoms with Crippen molar-refractivity contribution in [1.29, 1.82) is 0 Å². The number of amides is 1. The monoisotopic (exact) mass is 293 g/mol. The van der Waals surface area contributed by atoms with Crippen LogP contribution in [-0.4, -0.2) is 36.9 Å². The van der Waals surface area contributed by atoms with Gasteiger partial charge in [-0.05, 0) is 31.0 Å². The number of hydrogen-bond donors (Lipinski definition) is 1. The third-order valence-electron chi connectivity index (χ3n) is 3.27. The minimum Gasteiger partial charge on any atom is -0.459 e. The smallest absolute Gasteiger partial charge is 0.338 e. The minimum atomic E-state index is -0.381. The number of fused-ring (bicyclic) bond motifs is 1. The molecule has 2 aliphatic rings. The average Bonchev–Trinajstić information content (AvgIpc) is 2.97. The zero-order valence-electron chi connectivity index (χ0n) is 10.9. The van der Waals surface area contributed by atoms with Crippen LogP contribution in [0.15, 0.2) is 23.1 Å². The number of nitrogens with one attached hydrogen (secondary N) is 1. The lowest BCUT2D eigenvalue weighted by Gasteiger charge is -2.17. The summed E-state index contributed by atoms with van der Waals surface area (Å²) in [6, 6.07) is 5.22. The van der Waals surface area contributed by atoms with Crippen LogP contribution < -0.4 is 5.32 Å². The van der Waals surface area contributed by atoms with Crippen molar-refractivity contribution >= 4 is 29.3 Å². The summed E-state index contributed by atoms with van der Waals surface area (Å²) in [5.41, 5.74) is 1.13. The van der Waals surface area contributed by atoms with Gasteiger partial charge in [-0.15, -0.1) is 11.8 Å². The van der Waals surface area contributed by atoms with E-state index in [1.807, 2.05) is 6.07 Å². The fourth-order valence-corrected chi connectivity index (χ4v) is 3.03. The van der Waals surface area contributed by atoms with Gasteiger partial charge in [-0.3, -0.25) is 4.79 Å². The van der Waals surface area contributed by atoms with Crippen molar-refractivity contribution in [3.63, 3.8) is 0 Å². The van der Waals surface area contributed by atoms with Crippen LogP contribution in [0.1, 0.15) is 23.2 Å². The SMILES string of the molecule is O=C1CSc2ccc(C(=O)OCC3CCCO3)cc2N1. The van der Waals surface area contributed by atoms with Crippen molar-refractivity contribution < 1.29 is 19.1 Å². The molecule has 1 saturated heterocycles. The summed E-state index contributed by atoms with van der Waals surface area (Å²) in [6.45, 7) is 1.03. The van der Waals surface area contributed by atoms with Crippen molar-refractivity contribution in [1.82, 2.24) is 0 Å². The molecule has 2 aliphatic heterocycles. The molecule has 1 aromatic rings. The highest BCUT2D eigenvalue weighted by atomic mass is 32.2. The Morgan fingerprint density at radius 2 is 2.40 bits per heavy atom. The lowest BCUT2D eigenvalue weighted by molar-refractivity contribution is -0.113. The summed E-state index contributed by atoms with van der Waals surface area (Å²) in [4.78, 5) is 24.3. The Morgan fingerprint density at radius 3 is 3.20 bits per heavy atom. The zero-order chi connectivity index (χ0) is 13.9. The van der Waals surface area contributed by atoms with Gasteiger partial charge in [0.15, 0.2) is 0 Å². The summed E-state index contributed by atoms with van der Waals surface area (Å²) in [5.74, 6) is -0.0176. The van der Waals surface area contributed by atoms with Crippen molar-refractivity contribution in [3.8, 4) is 0 Å². The van der Waals surface area contributed by atoms with E-state index in [1.165, 1.54) is 11.8 Å². The number of ether oxygens (including phenoxy) is 2. The molecule has 0 radical (unpaired) electrons. The number of benzene rings is 1. The second kappa shape index (κ2) is 5.85. The molecule has 1 aromatic carbocycles. The highest BCUT2D eigenvalue weighted by Crippen LogP contribution is 2.32. The minimum absolute atomic E-state index is 0.0202. The number of rotatable bonds is 3. The molecule has 0 spiro atoms. The third-order valence-corrected chi connectivity index (χ3v) is 4.35. The second-order valence-corrected chi connectivity index (χ2v) is 5.80. The molecule has 1 atom stereocenters. The van der Waals surface area contributed by atoms with Crippen molar-refractivity contribution in [2.24, 2.45) is 0 Å². The topological polar surface area (TPSA) is 64.6 Å². The van der Waals surface area contributed by atoms with Crippen LogP contribution in [0, 0.1) is 0 Å². The maximum Gasteiger partial charge on any atom is 0.338 e. The first-order valence-corrected chi connectivity index (χ1v) is 7.56. The molecule has 6 heteroatoms. The molecule has 1 amide bonds. The van der Waals surface area contributed by atoms with Crippen molar-refractivity contribution in [2.45, 2.75) is 23.8 Å². The van der Waals surface area contributed by atoms with Crippen LogP contribution in [0.5, 0.6) is 0 Å². The number of anilines is 1. The Kier molecular flexibility index (Phi) is 3.93. The molecule has 20 heavy (non-hydrogen) atoms. The van der Waals surface area contributed by atoms with E-state index < -0.39 is 0 Å². The summed E-state index contributed by atoms with van der Waals surface area (Å²) < 4.78 is 10.7. The van der Waals surface area contributed by atoms with Gasteiger partial charge in [0.1, 0.15) is 6.61 Å². The number of esters is 1. The van der Waals surface area contributed by atoms with E-state index >= 15 is 0 Å². The van der Waals surface area contributed by atoms with Gasteiger partial charge in [-0.1, -0.05) is 0 Å². The largest absolute Gasteiger partial charge is 0.459 e. The highest BCUT2D eigenvalue weighted by molar-refractivity contribution is 8.00. The summed E-state index contributed by atoms with van der Waals surface area (Å²) in [6.07, 6.45) is 1.97. The van der Waals surface area contributed by atoms with Crippen LogP contribution in [0.25, 0.3) is 0 Å². The Morgan fingerprint density at radius 1 is 1.50 bits per heavy atom. The van der Waals surface area contributed by atoms with Gasteiger partial charge in [-0.2, -0.15) is 0 Å². The third kappa shape index (κ3) is 2.96. The molecule has 106 valence electrons. The van der Waals surface area contributed by atoms with Gasteiger partial charge in [0.25, 0.3) is 0 Å². The Bertz CT molecular complexity index is 540. The predicted octanol–water partition coefficient (Wildman–Crippen LogP) is 2.07. The average molecular weight is 293 g/mol. The predicted molar refractivity (Wildman–Crippen MR) is 75.1 cm³/mol. The van der Waals surface area contributed by atoms with Crippen LogP contribution in [-0.2, 0) is 14.3 Å². The maximum atomic E-state index is 12.0. The first-order valence-electron chi connectivity index (χ1n) is 6.58. The van der Waals surface area contributed by atoms with E-state index in [9.17, 15) is 9.59 Å². The molecule has 3 rings (SSSR count). The van der Waals surface area contributed by atoms with Gasteiger partial charge >= 0.3 is 5.97 Å². The maximum absolute atomic E-state index is 12.0. The van der Waals surface area contributed by atoms with Gasteiger partial charge in [-0.25, -0.2) is 4.79 Å². The molecular formula is C14H15NO4S. The fourth-order valence-electron chi connectivity index (χ4n) is 2.24. The van der Waals surface area contributed by atoms with E-state index in [0.29, 0.717) is 17.0 Å². The number of carbonyl (C=O) groups excluding carboxylic acids is 2. The van der Waals surface area contributed by atoms with Crippen LogP contribution >= 0.6 is 11.8 Å². The van der Waals surface area contributed by atoms with Gasteiger partial charge in [0.2, 0.25) is 5.91 Å². The number of carbonyl (C=O) groups is 2. The molecule has 1 fully saturated rings. The number of hydrogen-bond acceptors (Lipinski definition) is 5. The van der Waals surface area contributed by atoms with E-state index in [1.54, 1.807) is 12.1 Å². The van der Waals surface area contributed by atoms with E-state index in [0.717, 1.165) is 24.3 Å². The van der Waals surface area contributed by atoms with Crippen molar-refractivity contribution in [2.75, 3.05) is 24.3 Å². The normalized spacial score (nSPS) is 21.2. The van der Waals surface area contributed by atoms with E-state index in [4.69, 9.17) is 9.47 Å². The van der Waals surface area contributed by atoms with Crippen LogP contribution in [0.4, 0.5) is 5.69 Å². The van der Waals surface area contributed by atoms with Gasteiger partial charge in [0, 0.05) is 11.5 Å². The fraction of sp³-hybridized carbons (Fsp3) is 0.429. The standard InChI is InChI=1S/C14H15NO4S/c16-13-8-20-12-4-3-9(6-11(12)15-13)14(17)19-7-10-2-1-5-18-10/h3-4,6,10H,1-2,5,7-8H2,(H,15,16). The first kappa shape index (κ1) is 13.5. The number of thioether (sulfide) groups is 1. The zero-order valence-corrected chi connectivity index (χ0v) is 11.7. The molecule has 5 nitrogen and oxygen atoms in total. The van der Waals surface area contributed by atoms with Crippen LogP contribution in [0.2, 0.25) is 0 Å². The molecule has 1 N–H and O–H groups in total. The molecular weight excluding hydrogens is 278 g/mol. The Balaban J connectivity index is 1.65. The highest BCUT2D eigenvalue weighted by Gasteiger charge is 2.20. The summed E-state index contributed by atoms with van der Waals surface area (Å²) in [5, 5.41) is 2.76. The van der Waals surface area contributed by atoms with Crippen molar-refractivity contribution in [3.05, 3.63) is 23.8 Å². The van der Waals surface area contributed by atoms with Crippen LogP contribution in [0.3, 0.4) is 0 Å². The Hall–Kier alpha value is -1.53. The molecule has 0 aromatic heterocycles. The molecule has 0 aliphatic carbocycles. The molecule has 0 bridgehead atoms. The second-order valence-electron chi connectivity index (χ2n) is 4.78. The quantitative estimate of drug-likeness (QED) is 0.864. The van der Waals surface area contributed by atoms with Gasteiger partial charge < -0.3 is 14.8 Å². The van der Waals surface area contributed by atoms with E-state index in [2.05, 4.69) is 5.32 Å². The first-order chi connectivity index (χ1) is 9.72. The summed E-state index contributed by atoms with van der Waals surface area (Å²) in [7, 11) is 0. The van der Waals surface area contributed by atoms with Gasteiger partial charge in [0.05, 0.1) is 23.1 Å². The molecule has 1 unspecified atom stereocenters. The van der Waals surface area contributed by atoms with E-state index in [-0.39, 0.29) is 24.6 Å². The Labute approximate surface area is 121 Å². The lowest BCUT2D eigenvalue weighted by atomic mass is 10.2. The molecule has 2 heterocycles.